The van der Waals surface area contributed by atoms with Crippen LogP contribution in [-0.2, 0) is 5.79 Å². The van der Waals surface area contributed by atoms with Crippen LogP contribution >= 0.6 is 15.8 Å². The van der Waals surface area contributed by atoms with Gasteiger partial charge in [-0.05, 0) is 47.9 Å². The van der Waals surface area contributed by atoms with Crippen LogP contribution in [0.3, 0.4) is 0 Å². The number of para-hydroxylation sites is 1. The van der Waals surface area contributed by atoms with Gasteiger partial charge in [-0.25, -0.2) is 4.39 Å². The Hall–Kier alpha value is -2.39. The van der Waals surface area contributed by atoms with Crippen LogP contribution in [0.1, 0.15) is 31.2 Å². The minimum absolute atomic E-state index is 0.398. The van der Waals surface area contributed by atoms with Crippen molar-refractivity contribution in [1.82, 2.24) is 29.2 Å². The predicted molar refractivity (Wildman–Crippen MR) is 142 cm³/mol. The fourth-order valence-electron chi connectivity index (χ4n) is 5.63. The number of hydrogen-bond acceptors (Lipinski definition) is 6. The molecule has 0 N–H and O–H groups in total. The summed E-state index contributed by atoms with van der Waals surface area (Å²) in [6, 6.07) is 13.4. The third kappa shape index (κ3) is 6.20. The molecule has 3 aliphatic rings. The summed E-state index contributed by atoms with van der Waals surface area (Å²) in [5.74, 6) is -13.5. The van der Waals surface area contributed by atoms with Crippen molar-refractivity contribution in [3.63, 3.8) is 0 Å². The normalized spacial score (nSPS) is 26.2. The van der Waals surface area contributed by atoms with Crippen molar-refractivity contribution in [2.75, 3.05) is 32.7 Å². The summed E-state index contributed by atoms with van der Waals surface area (Å²) in [6.07, 6.45) is 2.84. The van der Waals surface area contributed by atoms with Gasteiger partial charge in [0.1, 0.15) is 17.6 Å². The van der Waals surface area contributed by atoms with E-state index in [1.54, 1.807) is 33.6 Å². The third-order valence-corrected chi connectivity index (χ3v) is 11.2. The summed E-state index contributed by atoms with van der Waals surface area (Å²) in [5.41, 5.74) is 0.384. The molecule has 3 aromatic rings. The number of benzene rings is 2. The van der Waals surface area contributed by atoms with Gasteiger partial charge in [-0.1, -0.05) is 47.1 Å². The number of halogens is 11. The maximum atomic E-state index is 17.3. The SMILES string of the molecule is FC1(F)CN([P+](On2nnc3ccccc32)(N2CCCC2)N2CCCC2)C(F)(c2ccccc2)C1(F)F.F[P-](F)(F)(F)(F)F. The van der Waals surface area contributed by atoms with Crippen molar-refractivity contribution >= 4 is 26.8 Å². The van der Waals surface area contributed by atoms with Crippen LogP contribution in [-0.4, -0.2) is 73.7 Å². The van der Waals surface area contributed by atoms with Gasteiger partial charge in [0.05, 0.1) is 0 Å². The van der Waals surface area contributed by atoms with E-state index >= 15 is 22.0 Å². The summed E-state index contributed by atoms with van der Waals surface area (Å²) in [7, 11) is -14.5. The summed E-state index contributed by atoms with van der Waals surface area (Å²) < 4.78 is 149. The molecule has 3 fully saturated rings. The van der Waals surface area contributed by atoms with E-state index in [1.165, 1.54) is 18.2 Å². The third-order valence-electron chi connectivity index (χ3n) is 7.46. The summed E-state index contributed by atoms with van der Waals surface area (Å²) >= 11 is 0. The standard InChI is InChI=1S/C24H27F5N6OP.F6P/c25-22(26)18-34(23(27,24(22,28)29)19-10-2-1-3-11-19)37(32-14-6-7-15-32,33-16-8-9-17-33)36-35-21-13-5-4-12-20(21)30-31-35;1-7(2,3,4,5)6/h1-5,10-13H,6-9,14-18H2;/q+1;-1. The van der Waals surface area contributed by atoms with Gasteiger partial charge in [0, 0.05) is 31.7 Å². The molecule has 44 heavy (non-hydrogen) atoms. The molecule has 2 aromatic carbocycles. The van der Waals surface area contributed by atoms with Crippen LogP contribution in [0.4, 0.5) is 47.1 Å². The van der Waals surface area contributed by atoms with E-state index < -0.39 is 45.5 Å². The van der Waals surface area contributed by atoms with Gasteiger partial charge in [-0.15, -0.1) is 14.4 Å². The number of nitrogens with zero attached hydrogens (tertiary/aromatic N) is 6. The first-order valence-corrected chi connectivity index (χ1v) is 17.0. The Balaban J connectivity index is 0.000000493. The van der Waals surface area contributed by atoms with Gasteiger partial charge >= 0.3 is 52.8 Å². The molecule has 7 nitrogen and oxygen atoms in total. The van der Waals surface area contributed by atoms with E-state index in [1.807, 2.05) is 0 Å². The molecule has 0 bridgehead atoms. The van der Waals surface area contributed by atoms with E-state index in [9.17, 15) is 25.2 Å². The van der Waals surface area contributed by atoms with Crippen LogP contribution in [0.5, 0.6) is 0 Å². The molecule has 3 saturated heterocycles. The number of aromatic nitrogens is 3. The number of fused-ring (bicyclic) bond motifs is 1. The molecule has 20 heteroatoms. The molecule has 1 unspecified atom stereocenters. The molecule has 6 rings (SSSR count). The second-order valence-corrected chi connectivity index (χ2v) is 15.4. The van der Waals surface area contributed by atoms with E-state index in [-0.39, 0.29) is 0 Å². The van der Waals surface area contributed by atoms with Gasteiger partial charge < -0.3 is 0 Å². The molecule has 0 amide bonds. The van der Waals surface area contributed by atoms with Crippen LogP contribution < -0.4 is 4.62 Å². The second kappa shape index (κ2) is 10.3. The first kappa shape index (κ1) is 33.0. The Morgan fingerprint density at radius 3 is 1.70 bits per heavy atom. The van der Waals surface area contributed by atoms with Crippen molar-refractivity contribution in [1.29, 1.82) is 0 Å². The summed E-state index contributed by atoms with van der Waals surface area (Å²) in [4.78, 5) is 1.10. The molecule has 0 aliphatic carbocycles. The topological polar surface area (TPSA) is 49.7 Å². The van der Waals surface area contributed by atoms with Crippen LogP contribution in [0.2, 0.25) is 0 Å². The monoisotopic (exact) mass is 686 g/mol. The summed E-state index contributed by atoms with van der Waals surface area (Å²) in [5, 5.41) is 8.18. The molecule has 3 aliphatic heterocycles. The molecule has 4 heterocycles. The van der Waals surface area contributed by atoms with Gasteiger partial charge in [-0.2, -0.15) is 22.2 Å². The molecular formula is C24H27F11N6OP2. The predicted octanol–water partition coefficient (Wildman–Crippen LogP) is 8.52. The Bertz CT molecular complexity index is 1460. The van der Waals surface area contributed by atoms with Gasteiger partial charge in [0.15, 0.2) is 0 Å². The van der Waals surface area contributed by atoms with Crippen LogP contribution in [0, 0.1) is 0 Å². The molecule has 1 atom stereocenters. The zero-order valence-corrected chi connectivity index (χ0v) is 24.5. The first-order valence-electron chi connectivity index (χ1n) is 13.4. The average Bonchev–Trinajstić information content (AvgIpc) is 3.73. The molecular weight excluding hydrogens is 659 g/mol. The maximum absolute atomic E-state index is 17.3. The van der Waals surface area contributed by atoms with E-state index in [0.29, 0.717) is 67.6 Å². The Labute approximate surface area is 244 Å². The van der Waals surface area contributed by atoms with Gasteiger partial charge in [0.2, 0.25) is 0 Å². The number of hydrogen-bond donors (Lipinski definition) is 0. The zero-order chi connectivity index (χ0) is 32.3. The molecule has 0 radical (unpaired) electrons. The van der Waals surface area contributed by atoms with Crippen molar-refractivity contribution in [2.45, 2.75) is 43.3 Å². The van der Waals surface area contributed by atoms with E-state index in [0.717, 1.165) is 17.0 Å². The summed E-state index contributed by atoms with van der Waals surface area (Å²) in [6.45, 7) is 0.0917. The Morgan fingerprint density at radius 2 is 1.18 bits per heavy atom. The van der Waals surface area contributed by atoms with Gasteiger partial charge in [0.25, 0.3) is 5.79 Å². The van der Waals surface area contributed by atoms with Crippen LogP contribution in [0.15, 0.2) is 54.6 Å². The Kier molecular flexibility index (Phi) is 7.73. The molecule has 1 aromatic heterocycles. The molecule has 0 spiro atoms. The second-order valence-electron chi connectivity index (χ2n) is 10.7. The van der Waals surface area contributed by atoms with E-state index in [4.69, 9.17) is 4.62 Å². The first-order chi connectivity index (χ1) is 20.2. The van der Waals surface area contributed by atoms with E-state index in [2.05, 4.69) is 10.3 Å². The minimum atomic E-state index is -10.7. The van der Waals surface area contributed by atoms with Crippen molar-refractivity contribution in [3.8, 4) is 0 Å². The van der Waals surface area contributed by atoms with Crippen molar-refractivity contribution < 1.29 is 51.8 Å². The molecule has 246 valence electrons. The quantitative estimate of drug-likeness (QED) is 0.147. The van der Waals surface area contributed by atoms with Crippen LogP contribution in [0.25, 0.3) is 11.0 Å². The van der Waals surface area contributed by atoms with Crippen molar-refractivity contribution in [3.05, 3.63) is 60.2 Å². The fraction of sp³-hybridized carbons (Fsp3) is 0.500. The fourth-order valence-corrected chi connectivity index (χ4v) is 9.79. The number of alkyl halides is 5. The molecule has 0 saturated carbocycles. The van der Waals surface area contributed by atoms with Gasteiger partial charge in [-0.3, -0.25) is 0 Å². The Morgan fingerprint density at radius 1 is 0.705 bits per heavy atom. The average molecular weight is 686 g/mol. The number of rotatable bonds is 6. The van der Waals surface area contributed by atoms with Crippen molar-refractivity contribution in [2.24, 2.45) is 0 Å². The zero-order valence-electron chi connectivity index (χ0n) is 22.7.